The Labute approximate surface area is 243 Å². The standard InChI is InChI=1S/C30H34BrNO8/c1-34-24-14-19(15-25(35-2)29(24)39-6)9-8-18-12-21(31)28(38-5)22(13-18)32-11-10-23(33)20-16-26(36-3)30(40-7)27(17-20)37-4/h10-17,32H,8-9H2,1-7H3/b11-10-. The van der Waals surface area contributed by atoms with Gasteiger partial charge in [0.05, 0.1) is 59.9 Å². The highest BCUT2D eigenvalue weighted by molar-refractivity contribution is 9.10. The Balaban J connectivity index is 1.81. The van der Waals surface area contributed by atoms with Crippen LogP contribution in [0.3, 0.4) is 0 Å². The summed E-state index contributed by atoms with van der Waals surface area (Å²) in [5.74, 6) is 3.36. The van der Waals surface area contributed by atoms with E-state index in [1.165, 1.54) is 27.4 Å². The van der Waals surface area contributed by atoms with Gasteiger partial charge in [0.2, 0.25) is 11.5 Å². The Bertz CT molecular complexity index is 1320. The van der Waals surface area contributed by atoms with Crippen molar-refractivity contribution >= 4 is 27.4 Å². The maximum Gasteiger partial charge on any atom is 0.203 e. The second kappa shape index (κ2) is 14.4. The van der Waals surface area contributed by atoms with Gasteiger partial charge in [-0.1, -0.05) is 0 Å². The predicted octanol–water partition coefficient (Wildman–Crippen LogP) is 6.10. The van der Waals surface area contributed by atoms with E-state index < -0.39 is 0 Å². The third-order valence-electron chi connectivity index (χ3n) is 6.16. The number of nitrogens with one attached hydrogen (secondary N) is 1. The fourth-order valence-corrected chi connectivity index (χ4v) is 4.87. The molecule has 0 amide bonds. The molecule has 10 heteroatoms. The minimum atomic E-state index is -0.247. The first-order valence-electron chi connectivity index (χ1n) is 12.3. The summed E-state index contributed by atoms with van der Waals surface area (Å²) in [5, 5.41) is 3.18. The lowest BCUT2D eigenvalue weighted by molar-refractivity contribution is 0.104. The molecule has 0 aromatic heterocycles. The number of benzene rings is 3. The maximum atomic E-state index is 12.9. The summed E-state index contributed by atoms with van der Waals surface area (Å²) in [7, 11) is 10.9. The monoisotopic (exact) mass is 615 g/mol. The Morgan fingerprint density at radius 3 is 1.55 bits per heavy atom. The van der Waals surface area contributed by atoms with E-state index in [0.717, 1.165) is 28.4 Å². The van der Waals surface area contributed by atoms with Crippen LogP contribution in [0.15, 0.2) is 53.1 Å². The fraction of sp³-hybridized carbons (Fsp3) is 0.300. The number of ketones is 1. The molecule has 1 N–H and O–H groups in total. The fourth-order valence-electron chi connectivity index (χ4n) is 4.20. The summed E-state index contributed by atoms with van der Waals surface area (Å²) in [5.41, 5.74) is 3.17. The molecule has 214 valence electrons. The highest BCUT2D eigenvalue weighted by Gasteiger charge is 2.17. The highest BCUT2D eigenvalue weighted by atomic mass is 79.9. The number of halogens is 1. The van der Waals surface area contributed by atoms with Gasteiger partial charge in [-0.2, -0.15) is 0 Å². The van der Waals surface area contributed by atoms with Crippen LogP contribution in [0.1, 0.15) is 21.5 Å². The summed E-state index contributed by atoms with van der Waals surface area (Å²) in [6.07, 6.45) is 4.45. The van der Waals surface area contributed by atoms with Crippen LogP contribution in [0.4, 0.5) is 5.69 Å². The van der Waals surface area contributed by atoms with Crippen molar-refractivity contribution in [2.24, 2.45) is 0 Å². The van der Waals surface area contributed by atoms with E-state index in [1.807, 2.05) is 24.3 Å². The zero-order valence-electron chi connectivity index (χ0n) is 23.7. The van der Waals surface area contributed by atoms with Crippen LogP contribution in [-0.4, -0.2) is 55.6 Å². The molecule has 0 bridgehead atoms. The van der Waals surface area contributed by atoms with Crippen molar-refractivity contribution in [2.45, 2.75) is 12.8 Å². The third kappa shape index (κ3) is 6.93. The normalized spacial score (nSPS) is 10.7. The van der Waals surface area contributed by atoms with E-state index in [2.05, 4.69) is 21.2 Å². The number of anilines is 1. The molecule has 0 radical (unpaired) electrons. The van der Waals surface area contributed by atoms with Crippen LogP contribution in [0, 0.1) is 0 Å². The van der Waals surface area contributed by atoms with Gasteiger partial charge < -0.3 is 38.5 Å². The van der Waals surface area contributed by atoms with Crippen molar-refractivity contribution in [3.8, 4) is 40.2 Å². The second-order valence-corrected chi connectivity index (χ2v) is 9.30. The SMILES string of the molecule is COc1cc(CCc2cc(Br)c(OC)c(N/C=C\C(=O)c3cc(OC)c(OC)c(OC)c3)c2)cc(OC)c1OC. The van der Waals surface area contributed by atoms with E-state index >= 15 is 0 Å². The van der Waals surface area contributed by atoms with Crippen molar-refractivity contribution in [1.82, 2.24) is 0 Å². The molecule has 0 aliphatic heterocycles. The number of hydrogen-bond donors (Lipinski definition) is 1. The third-order valence-corrected chi connectivity index (χ3v) is 6.75. The van der Waals surface area contributed by atoms with Crippen molar-refractivity contribution in [1.29, 1.82) is 0 Å². The van der Waals surface area contributed by atoms with Crippen molar-refractivity contribution < 1.29 is 38.0 Å². The minimum Gasteiger partial charge on any atom is -0.493 e. The molecule has 0 saturated heterocycles. The summed E-state index contributed by atoms with van der Waals surface area (Å²) in [6.45, 7) is 0. The molecule has 0 aliphatic carbocycles. The average molecular weight is 617 g/mol. The number of hydrogen-bond acceptors (Lipinski definition) is 9. The van der Waals surface area contributed by atoms with Gasteiger partial charge >= 0.3 is 0 Å². The van der Waals surface area contributed by atoms with Crippen molar-refractivity contribution in [3.05, 3.63) is 69.8 Å². The van der Waals surface area contributed by atoms with Crippen LogP contribution in [0.25, 0.3) is 0 Å². The quantitative estimate of drug-likeness (QED) is 0.170. The number of carbonyl (C=O) groups excluding carboxylic acids is 1. The molecular weight excluding hydrogens is 582 g/mol. The highest BCUT2D eigenvalue weighted by Crippen LogP contribution is 2.40. The molecule has 3 aromatic rings. The van der Waals surface area contributed by atoms with Gasteiger partial charge in [-0.3, -0.25) is 4.79 Å². The van der Waals surface area contributed by atoms with Crippen LogP contribution >= 0.6 is 15.9 Å². The van der Waals surface area contributed by atoms with Crippen LogP contribution in [0.2, 0.25) is 0 Å². The maximum absolute atomic E-state index is 12.9. The number of methoxy groups -OCH3 is 7. The van der Waals surface area contributed by atoms with E-state index in [4.69, 9.17) is 33.2 Å². The predicted molar refractivity (Wildman–Crippen MR) is 157 cm³/mol. The van der Waals surface area contributed by atoms with Gasteiger partial charge in [-0.05, 0) is 76.3 Å². The first-order valence-corrected chi connectivity index (χ1v) is 13.1. The Kier molecular flexibility index (Phi) is 11.0. The number of carbonyl (C=O) groups is 1. The van der Waals surface area contributed by atoms with Gasteiger partial charge in [0.25, 0.3) is 0 Å². The molecule has 0 spiro atoms. The zero-order valence-corrected chi connectivity index (χ0v) is 25.3. The Morgan fingerprint density at radius 1 is 0.650 bits per heavy atom. The van der Waals surface area contributed by atoms with Crippen LogP contribution < -0.4 is 38.5 Å². The molecular formula is C30H34BrNO8. The molecule has 0 unspecified atom stereocenters. The topological polar surface area (TPSA) is 93.7 Å². The lowest BCUT2D eigenvalue weighted by Crippen LogP contribution is -2.02. The summed E-state index contributed by atoms with van der Waals surface area (Å²) in [6, 6.07) is 11.1. The first-order chi connectivity index (χ1) is 19.3. The molecule has 9 nitrogen and oxygen atoms in total. The first kappa shape index (κ1) is 30.5. The van der Waals surface area contributed by atoms with Gasteiger partial charge in [0.15, 0.2) is 34.5 Å². The zero-order chi connectivity index (χ0) is 29.2. The molecule has 40 heavy (non-hydrogen) atoms. The number of aryl methyl sites for hydroxylation is 2. The van der Waals surface area contributed by atoms with Gasteiger partial charge in [0, 0.05) is 17.8 Å². The molecule has 0 aliphatic rings. The molecule has 0 heterocycles. The largest absolute Gasteiger partial charge is 0.493 e. The Hall–Kier alpha value is -4.05. The van der Waals surface area contributed by atoms with E-state index in [1.54, 1.807) is 46.8 Å². The molecule has 0 saturated carbocycles. The smallest absolute Gasteiger partial charge is 0.203 e. The van der Waals surface area contributed by atoms with Crippen molar-refractivity contribution in [3.63, 3.8) is 0 Å². The molecule has 3 aromatic carbocycles. The van der Waals surface area contributed by atoms with Gasteiger partial charge in [0.1, 0.15) is 0 Å². The second-order valence-electron chi connectivity index (χ2n) is 8.45. The number of ether oxygens (including phenoxy) is 7. The lowest BCUT2D eigenvalue weighted by Gasteiger charge is -2.15. The van der Waals surface area contributed by atoms with Crippen LogP contribution in [0.5, 0.6) is 40.2 Å². The van der Waals surface area contributed by atoms with Crippen LogP contribution in [-0.2, 0) is 12.8 Å². The van der Waals surface area contributed by atoms with Gasteiger partial charge in [-0.25, -0.2) is 0 Å². The van der Waals surface area contributed by atoms with E-state index in [9.17, 15) is 4.79 Å². The average Bonchev–Trinajstić information content (AvgIpc) is 2.98. The van der Waals surface area contributed by atoms with E-state index in [-0.39, 0.29) is 5.78 Å². The summed E-state index contributed by atoms with van der Waals surface area (Å²) in [4.78, 5) is 12.9. The molecule has 0 atom stereocenters. The summed E-state index contributed by atoms with van der Waals surface area (Å²) < 4.78 is 38.8. The Morgan fingerprint density at radius 2 is 1.10 bits per heavy atom. The van der Waals surface area contributed by atoms with Crippen molar-refractivity contribution in [2.75, 3.05) is 55.1 Å². The van der Waals surface area contributed by atoms with Gasteiger partial charge in [-0.15, -0.1) is 0 Å². The number of rotatable bonds is 14. The minimum absolute atomic E-state index is 0.247. The molecule has 3 rings (SSSR count). The lowest BCUT2D eigenvalue weighted by atomic mass is 10.0. The van der Waals surface area contributed by atoms with E-state index in [0.29, 0.717) is 51.5 Å². The molecule has 0 fully saturated rings. The number of allylic oxidation sites excluding steroid dienone is 1. The summed E-state index contributed by atoms with van der Waals surface area (Å²) >= 11 is 3.60.